The average Bonchev–Trinajstić information content (AvgIpc) is 2.45. The fourth-order valence-corrected chi connectivity index (χ4v) is 2.61. The summed E-state index contributed by atoms with van der Waals surface area (Å²) in [5.41, 5.74) is 0.711. The summed E-state index contributed by atoms with van der Waals surface area (Å²) in [6.45, 7) is 9.47. The molecule has 0 aliphatic rings. The van der Waals surface area contributed by atoms with Gasteiger partial charge >= 0.3 is 5.97 Å². The number of hydrogen-bond acceptors (Lipinski definition) is 4. The van der Waals surface area contributed by atoms with Crippen molar-refractivity contribution in [1.82, 2.24) is 0 Å². The minimum atomic E-state index is -0.959. The molecule has 0 aliphatic heterocycles. The van der Waals surface area contributed by atoms with Gasteiger partial charge in [0.15, 0.2) is 6.10 Å². The highest BCUT2D eigenvalue weighted by Gasteiger charge is 2.32. The number of carbonyl (C=O) groups is 1. The molecule has 2 aromatic carbocycles. The van der Waals surface area contributed by atoms with Crippen LogP contribution >= 0.6 is 0 Å². The lowest BCUT2D eigenvalue weighted by Gasteiger charge is -2.28. The van der Waals surface area contributed by atoms with Crippen LogP contribution in [0.2, 0.25) is 0 Å². The zero-order chi connectivity index (χ0) is 17.2. The van der Waals surface area contributed by atoms with E-state index in [0.717, 1.165) is 10.9 Å². The Morgan fingerprint density at radius 1 is 1.26 bits per heavy atom. The van der Waals surface area contributed by atoms with Crippen LogP contribution < -0.4 is 0 Å². The Morgan fingerprint density at radius 3 is 2.52 bits per heavy atom. The number of ether oxygens (including phenoxy) is 2. The third-order valence-corrected chi connectivity index (χ3v) is 3.50. The molecular formula is C19H24O4. The molecule has 4 nitrogen and oxygen atoms in total. The smallest absolute Gasteiger partial charge is 0.340 e. The summed E-state index contributed by atoms with van der Waals surface area (Å²) in [4.78, 5) is 12.4. The lowest BCUT2D eigenvalue weighted by molar-refractivity contribution is -0.167. The summed E-state index contributed by atoms with van der Waals surface area (Å²) in [5.74, 6) is -0.418. The predicted molar refractivity (Wildman–Crippen MR) is 90.6 cm³/mol. The molecule has 0 bridgehead atoms. The lowest BCUT2D eigenvalue weighted by atomic mass is 9.96. The predicted octanol–water partition coefficient (Wildman–Crippen LogP) is 4.27. The van der Waals surface area contributed by atoms with Crippen molar-refractivity contribution in [3.8, 4) is 5.75 Å². The van der Waals surface area contributed by atoms with Crippen LogP contribution in [-0.4, -0.2) is 23.3 Å². The highest BCUT2D eigenvalue weighted by Crippen LogP contribution is 2.39. The molecule has 124 valence electrons. The van der Waals surface area contributed by atoms with Crippen molar-refractivity contribution in [1.29, 1.82) is 0 Å². The molecule has 0 spiro atoms. The molecule has 0 saturated carbocycles. The van der Waals surface area contributed by atoms with Crippen LogP contribution in [0, 0.1) is 6.92 Å². The molecule has 0 aromatic heterocycles. The van der Waals surface area contributed by atoms with E-state index in [1.165, 1.54) is 0 Å². The van der Waals surface area contributed by atoms with Crippen LogP contribution in [0.15, 0.2) is 30.3 Å². The maximum Gasteiger partial charge on any atom is 0.340 e. The summed E-state index contributed by atoms with van der Waals surface area (Å²) in [6.07, 6.45) is -0.959. The van der Waals surface area contributed by atoms with Gasteiger partial charge in [-0.3, -0.25) is 0 Å². The number of benzene rings is 2. The van der Waals surface area contributed by atoms with Gasteiger partial charge in [0.05, 0.1) is 12.2 Å². The molecule has 2 rings (SSSR count). The Hall–Kier alpha value is -2.07. The quantitative estimate of drug-likeness (QED) is 0.856. The third kappa shape index (κ3) is 3.82. The number of hydrogen-bond donors (Lipinski definition) is 1. The number of carbonyl (C=O) groups excluding carboxylic acids is 1. The van der Waals surface area contributed by atoms with Gasteiger partial charge in [-0.1, -0.05) is 30.3 Å². The SMILES string of the molecule is CCOC(=O)C(OC(C)(C)C)c1c(C)cc2ccccc2c1O. The van der Waals surface area contributed by atoms with Gasteiger partial charge in [0.2, 0.25) is 0 Å². The van der Waals surface area contributed by atoms with E-state index in [-0.39, 0.29) is 12.4 Å². The number of aromatic hydroxyl groups is 1. The number of rotatable bonds is 4. The topological polar surface area (TPSA) is 55.8 Å². The number of phenols is 1. The molecule has 23 heavy (non-hydrogen) atoms. The Labute approximate surface area is 137 Å². The fourth-order valence-electron chi connectivity index (χ4n) is 2.61. The Balaban J connectivity index is 2.62. The van der Waals surface area contributed by atoms with Gasteiger partial charge in [0.1, 0.15) is 5.75 Å². The van der Waals surface area contributed by atoms with Crippen molar-refractivity contribution in [3.63, 3.8) is 0 Å². The summed E-state index contributed by atoms with van der Waals surface area (Å²) >= 11 is 0. The van der Waals surface area contributed by atoms with Crippen LogP contribution in [0.3, 0.4) is 0 Å². The van der Waals surface area contributed by atoms with Gasteiger partial charge < -0.3 is 14.6 Å². The highest BCUT2D eigenvalue weighted by atomic mass is 16.6. The zero-order valence-corrected chi connectivity index (χ0v) is 14.3. The first-order valence-electron chi connectivity index (χ1n) is 7.80. The molecule has 0 fully saturated rings. The molecule has 0 heterocycles. The van der Waals surface area contributed by atoms with E-state index >= 15 is 0 Å². The Kier molecular flexibility index (Phi) is 4.95. The first-order valence-corrected chi connectivity index (χ1v) is 7.80. The van der Waals surface area contributed by atoms with E-state index in [1.807, 2.05) is 58.0 Å². The third-order valence-electron chi connectivity index (χ3n) is 3.50. The molecular weight excluding hydrogens is 292 g/mol. The summed E-state index contributed by atoms with van der Waals surface area (Å²) in [6, 6.07) is 9.46. The Bertz CT molecular complexity index is 713. The van der Waals surface area contributed by atoms with Crippen molar-refractivity contribution in [3.05, 3.63) is 41.5 Å². The van der Waals surface area contributed by atoms with E-state index in [1.54, 1.807) is 6.92 Å². The van der Waals surface area contributed by atoms with Gasteiger partial charge in [0, 0.05) is 10.9 Å². The molecule has 0 amide bonds. The van der Waals surface area contributed by atoms with Crippen LogP contribution in [0.5, 0.6) is 5.75 Å². The summed E-state index contributed by atoms with van der Waals surface area (Å²) < 4.78 is 11.1. The lowest BCUT2D eigenvalue weighted by Crippen LogP contribution is -2.29. The molecule has 4 heteroatoms. The van der Waals surface area contributed by atoms with Crippen LogP contribution in [0.25, 0.3) is 10.8 Å². The minimum absolute atomic E-state index is 0.0721. The van der Waals surface area contributed by atoms with Crippen molar-refractivity contribution in [2.24, 2.45) is 0 Å². The van der Waals surface area contributed by atoms with Gasteiger partial charge in [0.25, 0.3) is 0 Å². The van der Waals surface area contributed by atoms with Crippen molar-refractivity contribution in [2.45, 2.75) is 46.3 Å². The first kappa shape index (κ1) is 17.3. The largest absolute Gasteiger partial charge is 0.507 e. The van der Waals surface area contributed by atoms with E-state index in [2.05, 4.69) is 0 Å². The van der Waals surface area contributed by atoms with Gasteiger partial charge in [-0.05, 0) is 45.6 Å². The average molecular weight is 316 g/mol. The van der Waals surface area contributed by atoms with Crippen LogP contribution in [-0.2, 0) is 14.3 Å². The van der Waals surface area contributed by atoms with E-state index in [4.69, 9.17) is 9.47 Å². The minimum Gasteiger partial charge on any atom is -0.507 e. The molecule has 0 saturated heterocycles. The molecule has 2 aromatic rings. The maximum absolute atomic E-state index is 12.4. The van der Waals surface area contributed by atoms with Crippen molar-refractivity contribution < 1.29 is 19.4 Å². The van der Waals surface area contributed by atoms with E-state index < -0.39 is 17.7 Å². The van der Waals surface area contributed by atoms with Crippen LogP contribution in [0.1, 0.15) is 44.9 Å². The second kappa shape index (κ2) is 6.59. The molecule has 1 N–H and O–H groups in total. The highest BCUT2D eigenvalue weighted by molar-refractivity contribution is 5.92. The fraction of sp³-hybridized carbons (Fsp3) is 0.421. The Morgan fingerprint density at radius 2 is 1.91 bits per heavy atom. The summed E-state index contributed by atoms with van der Waals surface area (Å²) in [7, 11) is 0. The summed E-state index contributed by atoms with van der Waals surface area (Å²) in [5, 5.41) is 12.3. The number of phenolic OH excluding ortho intramolecular Hbond substituents is 1. The van der Waals surface area contributed by atoms with Crippen molar-refractivity contribution in [2.75, 3.05) is 6.61 Å². The normalized spacial score (nSPS) is 13.1. The standard InChI is InChI=1S/C19H24O4/c1-6-22-18(21)17(23-19(3,4)5)15-12(2)11-13-9-7-8-10-14(13)16(15)20/h7-11,17,20H,6H2,1-5H3. The zero-order valence-electron chi connectivity index (χ0n) is 14.3. The molecule has 0 radical (unpaired) electrons. The molecule has 1 unspecified atom stereocenters. The molecule has 1 atom stereocenters. The van der Waals surface area contributed by atoms with Gasteiger partial charge in [-0.2, -0.15) is 0 Å². The number of aryl methyl sites for hydroxylation is 1. The number of esters is 1. The second-order valence-corrected chi connectivity index (χ2v) is 6.54. The first-order chi connectivity index (χ1) is 10.7. The maximum atomic E-state index is 12.4. The number of fused-ring (bicyclic) bond motifs is 1. The van der Waals surface area contributed by atoms with Crippen molar-refractivity contribution >= 4 is 16.7 Å². The van der Waals surface area contributed by atoms with E-state index in [9.17, 15) is 9.90 Å². The van der Waals surface area contributed by atoms with Gasteiger partial charge in [-0.25, -0.2) is 4.79 Å². The van der Waals surface area contributed by atoms with E-state index in [0.29, 0.717) is 10.9 Å². The second-order valence-electron chi connectivity index (χ2n) is 6.54. The van der Waals surface area contributed by atoms with Gasteiger partial charge in [-0.15, -0.1) is 0 Å². The molecule has 0 aliphatic carbocycles. The van der Waals surface area contributed by atoms with Crippen LogP contribution in [0.4, 0.5) is 0 Å². The monoisotopic (exact) mass is 316 g/mol.